The van der Waals surface area contributed by atoms with Crippen LogP contribution in [-0.4, -0.2) is 29.5 Å². The standard InChI is InChI=1S/C12H17ClN2S/c13-11-6-10(7-12(14)8-11)9-15-2-1-4-16-5-3-15/h6-8H,1-5,9,14H2. The van der Waals surface area contributed by atoms with Gasteiger partial charge in [-0.3, -0.25) is 4.90 Å². The van der Waals surface area contributed by atoms with Gasteiger partial charge in [-0.1, -0.05) is 11.6 Å². The number of thioether (sulfide) groups is 1. The smallest absolute Gasteiger partial charge is 0.0429 e. The summed E-state index contributed by atoms with van der Waals surface area (Å²) in [6.07, 6.45) is 1.28. The number of benzene rings is 1. The molecule has 2 N–H and O–H groups in total. The van der Waals surface area contributed by atoms with Crippen LogP contribution in [0.3, 0.4) is 0 Å². The number of nitrogens with zero attached hydrogens (tertiary/aromatic N) is 1. The molecule has 2 rings (SSSR count). The predicted octanol–water partition coefficient (Wildman–Crippen LogP) is 2.86. The summed E-state index contributed by atoms with van der Waals surface area (Å²) in [5, 5.41) is 0.735. The van der Waals surface area contributed by atoms with Crippen molar-refractivity contribution in [3.8, 4) is 0 Å². The van der Waals surface area contributed by atoms with Crippen molar-refractivity contribution in [2.24, 2.45) is 0 Å². The van der Waals surface area contributed by atoms with Crippen molar-refractivity contribution in [1.29, 1.82) is 0 Å². The van der Waals surface area contributed by atoms with Gasteiger partial charge in [-0.15, -0.1) is 0 Å². The second-order valence-electron chi connectivity index (χ2n) is 4.13. The van der Waals surface area contributed by atoms with Gasteiger partial charge in [0.25, 0.3) is 0 Å². The summed E-state index contributed by atoms with van der Waals surface area (Å²) in [6.45, 7) is 3.31. The maximum absolute atomic E-state index is 6.00. The van der Waals surface area contributed by atoms with E-state index in [0.29, 0.717) is 0 Å². The molecule has 1 aliphatic heterocycles. The molecule has 1 saturated heterocycles. The van der Waals surface area contributed by atoms with Crippen LogP contribution < -0.4 is 5.73 Å². The molecule has 0 bridgehead atoms. The molecule has 1 fully saturated rings. The van der Waals surface area contributed by atoms with Crippen LogP contribution in [0.25, 0.3) is 0 Å². The van der Waals surface area contributed by atoms with Crippen molar-refractivity contribution in [3.63, 3.8) is 0 Å². The molecule has 0 aliphatic carbocycles. The van der Waals surface area contributed by atoms with E-state index in [1.807, 2.05) is 23.9 Å². The first-order valence-electron chi connectivity index (χ1n) is 5.59. The Bertz CT molecular complexity index is 329. The molecule has 0 saturated carbocycles. The second kappa shape index (κ2) is 5.80. The molecular weight excluding hydrogens is 240 g/mol. The molecule has 1 aromatic carbocycles. The molecule has 1 aromatic rings. The first kappa shape index (κ1) is 12.1. The maximum atomic E-state index is 6.00. The fraction of sp³-hybridized carbons (Fsp3) is 0.500. The molecule has 1 aliphatic rings. The topological polar surface area (TPSA) is 29.3 Å². The first-order valence-corrected chi connectivity index (χ1v) is 7.12. The van der Waals surface area contributed by atoms with Crippen LogP contribution in [0.15, 0.2) is 18.2 Å². The number of halogens is 1. The average Bonchev–Trinajstić information content (AvgIpc) is 2.44. The zero-order valence-corrected chi connectivity index (χ0v) is 10.9. The highest BCUT2D eigenvalue weighted by Crippen LogP contribution is 2.19. The summed E-state index contributed by atoms with van der Waals surface area (Å²) in [6, 6.07) is 5.82. The van der Waals surface area contributed by atoms with E-state index in [0.717, 1.165) is 23.8 Å². The molecule has 0 atom stereocenters. The Morgan fingerprint density at radius 3 is 2.94 bits per heavy atom. The number of anilines is 1. The van der Waals surface area contributed by atoms with Gasteiger partial charge in [0.2, 0.25) is 0 Å². The van der Waals surface area contributed by atoms with Gasteiger partial charge in [0.1, 0.15) is 0 Å². The Morgan fingerprint density at radius 2 is 2.12 bits per heavy atom. The van der Waals surface area contributed by atoms with E-state index < -0.39 is 0 Å². The summed E-state index contributed by atoms with van der Waals surface area (Å²) < 4.78 is 0. The zero-order valence-electron chi connectivity index (χ0n) is 9.29. The van der Waals surface area contributed by atoms with E-state index >= 15 is 0 Å². The third-order valence-electron chi connectivity index (χ3n) is 2.70. The first-order chi connectivity index (χ1) is 7.74. The Morgan fingerprint density at radius 1 is 1.25 bits per heavy atom. The van der Waals surface area contributed by atoms with Gasteiger partial charge >= 0.3 is 0 Å². The molecule has 16 heavy (non-hydrogen) atoms. The summed E-state index contributed by atoms with van der Waals surface area (Å²) in [5.74, 6) is 2.52. The number of hydrogen-bond donors (Lipinski definition) is 1. The highest BCUT2D eigenvalue weighted by atomic mass is 35.5. The Balaban J connectivity index is 2.01. The molecule has 88 valence electrons. The molecule has 0 spiro atoms. The van der Waals surface area contributed by atoms with Crippen LogP contribution in [0, 0.1) is 0 Å². The van der Waals surface area contributed by atoms with E-state index in [1.54, 1.807) is 6.07 Å². The van der Waals surface area contributed by atoms with Gasteiger partial charge in [-0.2, -0.15) is 11.8 Å². The lowest BCUT2D eigenvalue weighted by Crippen LogP contribution is -2.25. The molecule has 0 unspecified atom stereocenters. The molecule has 1 heterocycles. The molecule has 4 heteroatoms. The van der Waals surface area contributed by atoms with Crippen molar-refractivity contribution >= 4 is 29.1 Å². The fourth-order valence-electron chi connectivity index (χ4n) is 1.98. The largest absolute Gasteiger partial charge is 0.399 e. The zero-order chi connectivity index (χ0) is 11.4. The van der Waals surface area contributed by atoms with Crippen LogP contribution >= 0.6 is 23.4 Å². The van der Waals surface area contributed by atoms with E-state index in [2.05, 4.69) is 4.90 Å². The predicted molar refractivity (Wildman–Crippen MR) is 73.1 cm³/mol. The van der Waals surface area contributed by atoms with Gasteiger partial charge in [0.15, 0.2) is 0 Å². The van der Waals surface area contributed by atoms with Crippen LogP contribution in [0.5, 0.6) is 0 Å². The second-order valence-corrected chi connectivity index (χ2v) is 5.80. The number of rotatable bonds is 2. The van der Waals surface area contributed by atoms with Crippen molar-refractivity contribution < 1.29 is 0 Å². The summed E-state index contributed by atoms with van der Waals surface area (Å²) in [4.78, 5) is 2.48. The monoisotopic (exact) mass is 256 g/mol. The number of nitrogen functional groups attached to an aromatic ring is 1. The molecule has 0 aromatic heterocycles. The molecule has 2 nitrogen and oxygen atoms in total. The lowest BCUT2D eigenvalue weighted by Gasteiger charge is -2.19. The van der Waals surface area contributed by atoms with Crippen molar-refractivity contribution in [2.75, 3.05) is 30.3 Å². The Kier molecular flexibility index (Phi) is 4.38. The number of hydrogen-bond acceptors (Lipinski definition) is 3. The van der Waals surface area contributed by atoms with Crippen LogP contribution in [0.4, 0.5) is 5.69 Å². The summed E-state index contributed by atoms with van der Waals surface area (Å²) in [5.41, 5.74) is 7.76. The molecule has 0 radical (unpaired) electrons. The molecular formula is C12H17ClN2S. The minimum absolute atomic E-state index is 0.735. The third-order valence-corrected chi connectivity index (χ3v) is 3.97. The van der Waals surface area contributed by atoms with Crippen molar-refractivity contribution in [2.45, 2.75) is 13.0 Å². The normalized spacial score (nSPS) is 18.3. The van der Waals surface area contributed by atoms with E-state index in [-0.39, 0.29) is 0 Å². The van der Waals surface area contributed by atoms with E-state index in [1.165, 1.54) is 30.0 Å². The lowest BCUT2D eigenvalue weighted by atomic mass is 10.2. The Hall–Kier alpha value is -0.380. The fourth-order valence-corrected chi connectivity index (χ4v) is 3.17. The lowest BCUT2D eigenvalue weighted by molar-refractivity contribution is 0.287. The van der Waals surface area contributed by atoms with Crippen LogP contribution in [0.1, 0.15) is 12.0 Å². The summed E-state index contributed by atoms with van der Waals surface area (Å²) in [7, 11) is 0. The van der Waals surface area contributed by atoms with E-state index in [9.17, 15) is 0 Å². The van der Waals surface area contributed by atoms with Gasteiger partial charge in [-0.05, 0) is 42.5 Å². The Labute approximate surface area is 106 Å². The highest BCUT2D eigenvalue weighted by molar-refractivity contribution is 7.99. The minimum atomic E-state index is 0.735. The SMILES string of the molecule is Nc1cc(Cl)cc(CN2CCCSCC2)c1. The van der Waals surface area contributed by atoms with Crippen molar-refractivity contribution in [3.05, 3.63) is 28.8 Å². The van der Waals surface area contributed by atoms with Gasteiger partial charge in [0.05, 0.1) is 0 Å². The van der Waals surface area contributed by atoms with Gasteiger partial charge in [0, 0.05) is 29.6 Å². The van der Waals surface area contributed by atoms with E-state index in [4.69, 9.17) is 17.3 Å². The molecule has 0 amide bonds. The van der Waals surface area contributed by atoms with Gasteiger partial charge in [-0.25, -0.2) is 0 Å². The average molecular weight is 257 g/mol. The van der Waals surface area contributed by atoms with Crippen LogP contribution in [-0.2, 0) is 6.54 Å². The number of nitrogens with two attached hydrogens (primary N) is 1. The van der Waals surface area contributed by atoms with Crippen molar-refractivity contribution in [1.82, 2.24) is 4.90 Å². The highest BCUT2D eigenvalue weighted by Gasteiger charge is 2.10. The quantitative estimate of drug-likeness (QED) is 0.825. The minimum Gasteiger partial charge on any atom is -0.399 e. The van der Waals surface area contributed by atoms with Gasteiger partial charge < -0.3 is 5.73 Å². The maximum Gasteiger partial charge on any atom is 0.0429 e. The van der Waals surface area contributed by atoms with Crippen LogP contribution in [0.2, 0.25) is 5.02 Å². The summed E-state index contributed by atoms with van der Waals surface area (Å²) >= 11 is 8.04. The third kappa shape index (κ3) is 3.58.